The molecule has 39 heavy (non-hydrogen) atoms. The molecule has 0 aromatic heterocycles. The summed E-state index contributed by atoms with van der Waals surface area (Å²) in [5, 5.41) is 37.6. The number of rotatable bonds is 4. The van der Waals surface area contributed by atoms with Crippen LogP contribution in [0.2, 0.25) is 0 Å². The molecule has 218 valence electrons. The molecule has 0 aromatic rings. The van der Waals surface area contributed by atoms with E-state index in [4.69, 9.17) is 14.2 Å². The van der Waals surface area contributed by atoms with Gasteiger partial charge in [-0.3, -0.25) is 14.4 Å². The van der Waals surface area contributed by atoms with Gasteiger partial charge < -0.3 is 29.5 Å². The zero-order valence-corrected chi connectivity index (χ0v) is 23.8. The normalized spacial score (nSPS) is 53.8. The van der Waals surface area contributed by atoms with Crippen molar-refractivity contribution in [3.63, 3.8) is 0 Å². The number of carbonyl (C=O) groups is 3. The molecule has 0 radical (unpaired) electrons. The highest BCUT2D eigenvalue weighted by Gasteiger charge is 2.84. The quantitative estimate of drug-likeness (QED) is 0.357. The number of epoxide rings is 1. The lowest BCUT2D eigenvalue weighted by atomic mass is 9.41. The summed E-state index contributed by atoms with van der Waals surface area (Å²) in [6.07, 6.45) is 2.90. The fraction of sp³-hybridized carbons (Fsp3) is 0.900. The molecule has 6 aliphatic rings. The fourth-order valence-electron chi connectivity index (χ4n) is 10.3. The first-order valence-electron chi connectivity index (χ1n) is 14.8. The van der Waals surface area contributed by atoms with Gasteiger partial charge in [0.05, 0.1) is 28.5 Å². The number of hydrogen-bond acceptors (Lipinski definition) is 9. The predicted molar refractivity (Wildman–Crippen MR) is 137 cm³/mol. The van der Waals surface area contributed by atoms with E-state index in [0.717, 1.165) is 12.8 Å². The summed E-state index contributed by atoms with van der Waals surface area (Å²) in [7, 11) is 0. The van der Waals surface area contributed by atoms with E-state index in [0.29, 0.717) is 25.7 Å². The van der Waals surface area contributed by atoms with Gasteiger partial charge in [0.25, 0.3) is 0 Å². The van der Waals surface area contributed by atoms with Crippen molar-refractivity contribution in [2.24, 2.45) is 34.5 Å². The maximum absolute atomic E-state index is 13.5. The van der Waals surface area contributed by atoms with E-state index in [9.17, 15) is 29.7 Å². The maximum atomic E-state index is 13.5. The Kier molecular flexibility index (Phi) is 5.85. The smallest absolute Gasteiger partial charge is 0.309 e. The highest BCUT2D eigenvalue weighted by Crippen LogP contribution is 2.75. The van der Waals surface area contributed by atoms with Gasteiger partial charge in [-0.15, -0.1) is 0 Å². The van der Waals surface area contributed by atoms with E-state index in [1.807, 2.05) is 13.8 Å². The fourth-order valence-corrected chi connectivity index (χ4v) is 10.3. The van der Waals surface area contributed by atoms with Gasteiger partial charge in [-0.1, -0.05) is 13.8 Å². The second kappa shape index (κ2) is 8.26. The Balaban J connectivity index is 1.43. The number of Topliss-reactive ketones (excluding diaryl/α,β-unsaturated/α-hetero) is 1. The van der Waals surface area contributed by atoms with Gasteiger partial charge in [-0.25, -0.2) is 0 Å². The molecule has 0 aromatic carbocycles. The van der Waals surface area contributed by atoms with E-state index >= 15 is 0 Å². The SMILES string of the molecule is CC(=O)OC[C@]12CC[C@H]3[C@@H](C[C@H]4O[C@]45CCCC(=O)[C@]35C)[C@]1(O)CC[C@@]2(O)[C@@](C)(O)[C@H]1C[C@@H](C)[C@@H](C)C(=O)O1. The van der Waals surface area contributed by atoms with Crippen LogP contribution in [-0.4, -0.2) is 74.3 Å². The molecule has 9 nitrogen and oxygen atoms in total. The molecule has 6 rings (SSSR count). The molecule has 9 heteroatoms. The number of ether oxygens (including phenoxy) is 3. The first kappa shape index (κ1) is 27.6. The van der Waals surface area contributed by atoms with E-state index in [2.05, 4.69) is 0 Å². The van der Waals surface area contributed by atoms with E-state index in [-0.39, 0.29) is 61.4 Å². The molecule has 0 bridgehead atoms. The van der Waals surface area contributed by atoms with E-state index in [1.54, 1.807) is 6.92 Å². The summed E-state index contributed by atoms with van der Waals surface area (Å²) in [6.45, 7) is 8.23. The highest BCUT2D eigenvalue weighted by molar-refractivity contribution is 5.88. The Hall–Kier alpha value is -1.55. The zero-order valence-electron chi connectivity index (χ0n) is 23.8. The van der Waals surface area contributed by atoms with Crippen molar-refractivity contribution in [1.82, 2.24) is 0 Å². The molecule has 2 heterocycles. The monoisotopic (exact) mass is 548 g/mol. The summed E-state index contributed by atoms with van der Waals surface area (Å²) >= 11 is 0. The number of aliphatic hydroxyl groups is 3. The second-order valence-electron chi connectivity index (χ2n) is 14.2. The van der Waals surface area contributed by atoms with Crippen LogP contribution in [0.5, 0.6) is 0 Å². The topological polar surface area (TPSA) is 143 Å². The van der Waals surface area contributed by atoms with Crippen LogP contribution in [0.15, 0.2) is 0 Å². The van der Waals surface area contributed by atoms with E-state index in [1.165, 1.54) is 13.8 Å². The van der Waals surface area contributed by atoms with Crippen molar-refractivity contribution in [3.05, 3.63) is 0 Å². The molecule has 1 spiro atoms. The van der Waals surface area contributed by atoms with Gasteiger partial charge in [0, 0.05) is 13.3 Å². The summed E-state index contributed by atoms with van der Waals surface area (Å²) in [6, 6.07) is 0. The van der Waals surface area contributed by atoms with Crippen LogP contribution in [0.25, 0.3) is 0 Å². The maximum Gasteiger partial charge on any atom is 0.309 e. The highest BCUT2D eigenvalue weighted by atomic mass is 16.6. The Bertz CT molecular complexity index is 1100. The first-order valence-corrected chi connectivity index (χ1v) is 14.8. The number of fused-ring (bicyclic) bond motifs is 4. The van der Waals surface area contributed by atoms with Crippen LogP contribution in [0.4, 0.5) is 0 Å². The van der Waals surface area contributed by atoms with Crippen molar-refractivity contribution in [2.75, 3.05) is 6.61 Å². The third kappa shape index (κ3) is 3.14. The second-order valence-corrected chi connectivity index (χ2v) is 14.2. The van der Waals surface area contributed by atoms with Gasteiger partial charge >= 0.3 is 11.9 Å². The van der Waals surface area contributed by atoms with Crippen LogP contribution >= 0.6 is 0 Å². The number of cyclic esters (lactones) is 1. The minimum absolute atomic E-state index is 0.0420. The Morgan fingerprint density at radius 1 is 1.10 bits per heavy atom. The number of ketones is 1. The van der Waals surface area contributed by atoms with Gasteiger partial charge in [-0.2, -0.15) is 0 Å². The van der Waals surface area contributed by atoms with Crippen LogP contribution in [-0.2, 0) is 28.6 Å². The largest absolute Gasteiger partial charge is 0.465 e. The van der Waals surface area contributed by atoms with Gasteiger partial charge in [0.1, 0.15) is 35.3 Å². The average Bonchev–Trinajstić information content (AvgIpc) is 3.52. The molecule has 2 saturated heterocycles. The lowest BCUT2D eigenvalue weighted by Crippen LogP contribution is -2.75. The van der Waals surface area contributed by atoms with Crippen molar-refractivity contribution in [2.45, 2.75) is 127 Å². The van der Waals surface area contributed by atoms with Crippen molar-refractivity contribution < 1.29 is 43.9 Å². The summed E-state index contributed by atoms with van der Waals surface area (Å²) in [4.78, 5) is 38.3. The molecule has 4 aliphatic carbocycles. The molecule has 3 N–H and O–H groups in total. The number of hydrogen-bond donors (Lipinski definition) is 3. The van der Waals surface area contributed by atoms with Crippen molar-refractivity contribution in [1.29, 1.82) is 0 Å². The Morgan fingerprint density at radius 2 is 1.82 bits per heavy atom. The summed E-state index contributed by atoms with van der Waals surface area (Å²) in [5.74, 6) is -1.72. The zero-order chi connectivity index (χ0) is 28.4. The minimum Gasteiger partial charge on any atom is -0.465 e. The summed E-state index contributed by atoms with van der Waals surface area (Å²) < 4.78 is 17.6. The standard InChI is InChI=1S/C30H44O9/c1-16-13-22(38-24(33)17(16)2)26(5,34)30(36)12-11-28(35)20-14-23-29(39-23)9-6-7-21(32)25(29,4)19(20)8-10-27(28,30)15-37-18(3)31/h16-17,19-20,22-23,34-36H,6-15H2,1-5H3/t16-,17-,19+,20-,22-,23-,25+,26+,27-,28-,29-,30-/m1/s1. The molecule has 2 aliphatic heterocycles. The third-order valence-corrected chi connectivity index (χ3v) is 13.0. The van der Waals surface area contributed by atoms with Gasteiger partial charge in [0.15, 0.2) is 0 Å². The average molecular weight is 549 g/mol. The Morgan fingerprint density at radius 3 is 2.49 bits per heavy atom. The first-order chi connectivity index (χ1) is 18.1. The van der Waals surface area contributed by atoms with Crippen LogP contribution in [0.3, 0.4) is 0 Å². The lowest BCUT2D eigenvalue weighted by Gasteiger charge is -2.64. The molecule has 0 amide bonds. The molecule has 12 atom stereocenters. The third-order valence-electron chi connectivity index (χ3n) is 13.0. The van der Waals surface area contributed by atoms with Crippen molar-refractivity contribution in [3.8, 4) is 0 Å². The molecular weight excluding hydrogens is 504 g/mol. The predicted octanol–water partition coefficient (Wildman–Crippen LogP) is 2.46. The van der Waals surface area contributed by atoms with Crippen LogP contribution in [0.1, 0.15) is 92.4 Å². The minimum atomic E-state index is -1.92. The molecule has 0 unspecified atom stereocenters. The lowest BCUT2D eigenvalue weighted by molar-refractivity contribution is -0.301. The van der Waals surface area contributed by atoms with Crippen LogP contribution in [0, 0.1) is 34.5 Å². The molecule has 6 fully saturated rings. The summed E-state index contributed by atoms with van der Waals surface area (Å²) in [5.41, 5.74) is -7.99. The number of carbonyl (C=O) groups excluding carboxylic acids is 3. The number of esters is 2. The Labute approximate surface area is 229 Å². The molecular formula is C30H44O9. The van der Waals surface area contributed by atoms with E-state index < -0.39 is 51.3 Å². The van der Waals surface area contributed by atoms with Gasteiger partial charge in [0.2, 0.25) is 0 Å². The van der Waals surface area contributed by atoms with Gasteiger partial charge in [-0.05, 0) is 83.0 Å². The van der Waals surface area contributed by atoms with Crippen molar-refractivity contribution >= 4 is 17.7 Å². The van der Waals surface area contributed by atoms with Crippen LogP contribution < -0.4 is 0 Å². The molecule has 4 saturated carbocycles.